The summed E-state index contributed by atoms with van der Waals surface area (Å²) in [5, 5.41) is 0. The van der Waals surface area contributed by atoms with Crippen molar-refractivity contribution in [3.05, 3.63) is 23.8 Å². The third kappa shape index (κ3) is 3.08. The van der Waals surface area contributed by atoms with Gasteiger partial charge in [0.2, 0.25) is 0 Å². The summed E-state index contributed by atoms with van der Waals surface area (Å²) in [7, 11) is 1.54. The van der Waals surface area contributed by atoms with E-state index in [9.17, 15) is 4.79 Å². The van der Waals surface area contributed by atoms with Gasteiger partial charge in [-0.1, -0.05) is 0 Å². The summed E-state index contributed by atoms with van der Waals surface area (Å²) in [5.41, 5.74) is 0.472. The zero-order chi connectivity index (χ0) is 11.3. The Morgan fingerprint density at radius 1 is 1.40 bits per heavy atom. The summed E-state index contributed by atoms with van der Waals surface area (Å²) in [6, 6.07) is 5.00. The summed E-state index contributed by atoms with van der Waals surface area (Å²) in [6.07, 6.45) is 0. The Balaban J connectivity index is 2.97. The van der Waals surface area contributed by atoms with Gasteiger partial charge in [0.25, 0.3) is 0 Å². The Bertz CT molecular complexity index is 351. The minimum absolute atomic E-state index is 0.349. The molecular weight excluding hydrogens is 388 g/mol. The van der Waals surface area contributed by atoms with Crippen molar-refractivity contribution in [3.63, 3.8) is 0 Å². The molecule has 0 heterocycles. The van der Waals surface area contributed by atoms with Crippen molar-refractivity contribution in [2.75, 3.05) is 13.7 Å². The predicted molar refractivity (Wildman–Crippen MR) is 55.3 cm³/mol. The normalized spacial score (nSPS) is 9.40. The summed E-state index contributed by atoms with van der Waals surface area (Å²) >= 11 is 0.386. The van der Waals surface area contributed by atoms with Crippen molar-refractivity contribution in [2.24, 2.45) is 0 Å². The zero-order valence-electron chi connectivity index (χ0n) is 8.65. The maximum absolute atomic E-state index is 11.4. The molecule has 0 aliphatic heterocycles. The Morgan fingerprint density at radius 3 is 2.67 bits per heavy atom. The molecule has 1 rings (SSSR count). The third-order valence-corrected chi connectivity index (χ3v) is 2.79. The van der Waals surface area contributed by atoms with Crippen molar-refractivity contribution >= 4 is 32.2 Å². The van der Waals surface area contributed by atoms with Crippen molar-refractivity contribution in [1.82, 2.24) is 0 Å². The molecule has 0 aliphatic rings. The van der Waals surface area contributed by atoms with Crippen LogP contribution in [0, 0.1) is 0 Å². The first-order valence-corrected chi connectivity index (χ1v) is 6.28. The van der Waals surface area contributed by atoms with Crippen molar-refractivity contribution in [1.29, 1.82) is 0 Å². The number of benzene rings is 1. The predicted octanol–water partition coefficient (Wildman–Crippen LogP) is 1.33. The van der Waals surface area contributed by atoms with Gasteiger partial charge in [0, 0.05) is 0 Å². The molecule has 1 aromatic carbocycles. The number of rotatable bonds is 4. The van der Waals surface area contributed by atoms with Crippen molar-refractivity contribution in [2.45, 2.75) is 6.92 Å². The van der Waals surface area contributed by atoms with E-state index in [2.05, 4.69) is 0 Å². The van der Waals surface area contributed by atoms with Crippen LogP contribution in [-0.2, 0) is 4.74 Å². The second kappa shape index (κ2) is 5.94. The second-order valence-corrected chi connectivity index (χ2v) is 3.62. The van der Waals surface area contributed by atoms with E-state index in [1.165, 1.54) is 7.11 Å². The van der Waals surface area contributed by atoms with Crippen LogP contribution in [-0.4, -0.2) is 45.9 Å². The molecule has 0 N–H and O–H groups in total. The molecular formula is C10H11O4Tl. The van der Waals surface area contributed by atoms with Crippen LogP contribution >= 0.6 is 0 Å². The first-order valence-electron chi connectivity index (χ1n) is 4.44. The fraction of sp³-hybridized carbons (Fsp3) is 0.300. The zero-order valence-corrected chi connectivity index (χ0v) is 13.1. The molecule has 0 spiro atoms. The average molecular weight is 400 g/mol. The standard InChI is InChI=1S/C10H12O4.Tl/c1-3-14-10(12)7-4-5-8(11)9(6-7)13-2;/h4-6,11H,3H2,1-2H3;/q;+1/p-1. The monoisotopic (exact) mass is 400 g/mol. The van der Waals surface area contributed by atoms with Crippen LogP contribution in [0.15, 0.2) is 18.2 Å². The number of ether oxygens (including phenoxy) is 2. The molecule has 5 heteroatoms. The van der Waals surface area contributed by atoms with Crippen LogP contribution in [0.4, 0.5) is 0 Å². The molecule has 0 saturated heterocycles. The quantitative estimate of drug-likeness (QED) is 0.566. The van der Waals surface area contributed by atoms with E-state index in [1.807, 2.05) is 0 Å². The molecule has 0 bridgehead atoms. The molecule has 4 nitrogen and oxygen atoms in total. The first-order chi connectivity index (χ1) is 7.22. The molecule has 0 radical (unpaired) electrons. The number of hydrogen-bond donors (Lipinski definition) is 0. The SMILES string of the molecule is CCOC(=O)c1ccc([O][Tl])c(OC)c1. The van der Waals surface area contributed by atoms with Gasteiger partial charge < -0.3 is 0 Å². The van der Waals surface area contributed by atoms with Gasteiger partial charge in [0.05, 0.1) is 0 Å². The van der Waals surface area contributed by atoms with Crippen LogP contribution < -0.4 is 7.42 Å². The Labute approximate surface area is 105 Å². The van der Waals surface area contributed by atoms with Crippen molar-refractivity contribution in [3.8, 4) is 11.5 Å². The molecule has 0 aromatic heterocycles. The van der Waals surface area contributed by atoms with Gasteiger partial charge in [-0.15, -0.1) is 0 Å². The first kappa shape index (κ1) is 12.3. The van der Waals surface area contributed by atoms with Crippen molar-refractivity contribution < 1.29 is 17.0 Å². The fourth-order valence-corrected chi connectivity index (χ4v) is 1.86. The van der Waals surface area contributed by atoms with Gasteiger partial charge in [0.15, 0.2) is 0 Å². The van der Waals surface area contributed by atoms with Gasteiger partial charge >= 0.3 is 105 Å². The molecule has 1 aromatic rings. The second-order valence-electron chi connectivity index (χ2n) is 2.70. The van der Waals surface area contributed by atoms with Gasteiger partial charge in [-0.3, -0.25) is 0 Å². The number of methoxy groups -OCH3 is 1. The van der Waals surface area contributed by atoms with Crippen LogP contribution in [0.25, 0.3) is 0 Å². The van der Waals surface area contributed by atoms with Gasteiger partial charge in [0.1, 0.15) is 0 Å². The van der Waals surface area contributed by atoms with Gasteiger partial charge in [-0.2, -0.15) is 0 Å². The summed E-state index contributed by atoms with van der Waals surface area (Å²) in [5.74, 6) is 0.872. The summed E-state index contributed by atoms with van der Waals surface area (Å²) in [4.78, 5) is 11.4. The van der Waals surface area contributed by atoms with E-state index >= 15 is 0 Å². The molecule has 0 fully saturated rings. The van der Waals surface area contributed by atoms with Gasteiger partial charge in [-0.25, -0.2) is 0 Å². The van der Waals surface area contributed by atoms with E-state index in [1.54, 1.807) is 25.1 Å². The topological polar surface area (TPSA) is 44.8 Å². The van der Waals surface area contributed by atoms with E-state index in [0.29, 0.717) is 49.9 Å². The fourth-order valence-electron chi connectivity index (χ4n) is 1.11. The van der Waals surface area contributed by atoms with Crippen LogP contribution in [0.3, 0.4) is 0 Å². The van der Waals surface area contributed by atoms with E-state index < -0.39 is 0 Å². The third-order valence-electron chi connectivity index (χ3n) is 1.80. The van der Waals surface area contributed by atoms with E-state index in [0.717, 1.165) is 0 Å². The number of carbonyl (C=O) groups is 1. The number of carbonyl (C=O) groups excluding carboxylic acids is 1. The number of esters is 1. The van der Waals surface area contributed by atoms with Crippen LogP contribution in [0.5, 0.6) is 11.5 Å². The average Bonchev–Trinajstić information content (AvgIpc) is 2.28. The summed E-state index contributed by atoms with van der Waals surface area (Å²) < 4.78 is 15.2. The molecule has 15 heavy (non-hydrogen) atoms. The molecule has 78 valence electrons. The van der Waals surface area contributed by atoms with Gasteiger partial charge in [-0.05, 0) is 0 Å². The van der Waals surface area contributed by atoms with E-state index in [4.69, 9.17) is 12.2 Å². The van der Waals surface area contributed by atoms with Crippen LogP contribution in [0.2, 0.25) is 0 Å². The minimum atomic E-state index is -0.349. The molecule has 0 amide bonds. The Morgan fingerprint density at radius 2 is 2.13 bits per heavy atom. The molecule has 0 aliphatic carbocycles. The Hall–Kier alpha value is -0.788. The summed E-state index contributed by atoms with van der Waals surface area (Å²) in [6.45, 7) is 2.13. The molecule has 0 saturated carbocycles. The number of hydrogen-bond acceptors (Lipinski definition) is 4. The molecule has 0 unspecified atom stereocenters. The maximum atomic E-state index is 11.4. The van der Waals surface area contributed by atoms with Crippen LogP contribution in [0.1, 0.15) is 17.3 Å². The Kier molecular flexibility index (Phi) is 4.86. The van der Waals surface area contributed by atoms with E-state index in [-0.39, 0.29) is 5.97 Å². The molecule has 0 atom stereocenters.